The second-order valence-electron chi connectivity index (χ2n) is 3.50. The molecule has 60 valence electrons. The fourth-order valence-electron chi connectivity index (χ4n) is 0.631. The van der Waals surface area contributed by atoms with Crippen molar-refractivity contribution in [1.29, 1.82) is 5.26 Å². The van der Waals surface area contributed by atoms with E-state index in [1.165, 1.54) is 0 Å². The van der Waals surface area contributed by atoms with Crippen LogP contribution in [0.25, 0.3) is 0 Å². The molecule has 0 aliphatic heterocycles. The van der Waals surface area contributed by atoms with E-state index >= 15 is 0 Å². The maximum absolute atomic E-state index is 8.46. The fourth-order valence-corrected chi connectivity index (χ4v) is 0.631. The molecule has 0 rings (SSSR count). The Morgan fingerprint density at radius 2 is 2.18 bits per heavy atom. The van der Waals surface area contributed by atoms with E-state index in [0.717, 1.165) is 5.57 Å². The van der Waals surface area contributed by atoms with E-state index in [-0.39, 0.29) is 5.41 Å². The van der Waals surface area contributed by atoms with Gasteiger partial charge < -0.3 is 0 Å². The Labute approximate surface area is 69.0 Å². The summed E-state index contributed by atoms with van der Waals surface area (Å²) in [6.07, 6.45) is 4.53. The first kappa shape index (κ1) is 9.97. The minimum atomic E-state index is -0.0201. The molecule has 0 N–H and O–H groups in total. The summed E-state index contributed by atoms with van der Waals surface area (Å²) >= 11 is 0. The molecule has 0 saturated heterocycles. The fraction of sp³-hybridized carbons (Fsp3) is 0.500. The molecule has 0 heterocycles. The van der Waals surface area contributed by atoms with E-state index in [2.05, 4.69) is 12.6 Å². The van der Waals surface area contributed by atoms with E-state index in [1.54, 1.807) is 0 Å². The van der Waals surface area contributed by atoms with Crippen molar-refractivity contribution < 1.29 is 0 Å². The van der Waals surface area contributed by atoms with E-state index in [0.29, 0.717) is 6.42 Å². The Morgan fingerprint density at radius 3 is 2.55 bits per heavy atom. The third-order valence-corrected chi connectivity index (χ3v) is 1.35. The SMILES string of the molecule is C=C(C)C=CC(C)(C)CC#N. The van der Waals surface area contributed by atoms with Gasteiger partial charge in [0.2, 0.25) is 0 Å². The van der Waals surface area contributed by atoms with Gasteiger partial charge in [0.1, 0.15) is 0 Å². The van der Waals surface area contributed by atoms with Gasteiger partial charge in [0.25, 0.3) is 0 Å². The monoisotopic (exact) mass is 149 g/mol. The highest BCUT2D eigenvalue weighted by molar-refractivity contribution is 5.14. The van der Waals surface area contributed by atoms with Gasteiger partial charge in [-0.05, 0) is 12.3 Å². The molecule has 1 heteroatoms. The number of hydrogen-bond acceptors (Lipinski definition) is 1. The molecule has 0 aliphatic carbocycles. The zero-order chi connectivity index (χ0) is 8.91. The van der Waals surface area contributed by atoms with Crippen LogP contribution in [0.15, 0.2) is 24.3 Å². The lowest BCUT2D eigenvalue weighted by Gasteiger charge is -2.14. The molecule has 11 heavy (non-hydrogen) atoms. The number of nitrogens with zero attached hydrogens (tertiary/aromatic N) is 1. The van der Waals surface area contributed by atoms with Gasteiger partial charge in [0.05, 0.1) is 6.07 Å². The Hall–Kier alpha value is -1.03. The summed E-state index contributed by atoms with van der Waals surface area (Å²) in [6.45, 7) is 9.77. The van der Waals surface area contributed by atoms with Gasteiger partial charge in [-0.25, -0.2) is 0 Å². The molecule has 1 nitrogen and oxygen atoms in total. The van der Waals surface area contributed by atoms with Crippen molar-refractivity contribution in [2.75, 3.05) is 0 Å². The predicted octanol–water partition coefficient (Wildman–Crippen LogP) is 3.06. The quantitative estimate of drug-likeness (QED) is 0.566. The van der Waals surface area contributed by atoms with Crippen LogP contribution in [0, 0.1) is 16.7 Å². The molecule has 0 aromatic rings. The van der Waals surface area contributed by atoms with Crippen LogP contribution in [0.1, 0.15) is 27.2 Å². The van der Waals surface area contributed by atoms with Crippen molar-refractivity contribution in [3.05, 3.63) is 24.3 Å². The van der Waals surface area contributed by atoms with Gasteiger partial charge in [-0.15, -0.1) is 0 Å². The van der Waals surface area contributed by atoms with E-state index in [4.69, 9.17) is 5.26 Å². The van der Waals surface area contributed by atoms with Gasteiger partial charge in [-0.2, -0.15) is 5.26 Å². The summed E-state index contributed by atoms with van der Waals surface area (Å²) < 4.78 is 0. The topological polar surface area (TPSA) is 23.8 Å². The molecule has 0 saturated carbocycles. The highest BCUT2D eigenvalue weighted by atomic mass is 14.3. The molecular weight excluding hydrogens is 134 g/mol. The summed E-state index contributed by atoms with van der Waals surface area (Å²) in [5.41, 5.74) is 1.00. The first-order chi connectivity index (χ1) is 4.98. The molecule has 0 aromatic heterocycles. The van der Waals surface area contributed by atoms with Crippen LogP contribution in [0.2, 0.25) is 0 Å². The van der Waals surface area contributed by atoms with Crippen molar-refractivity contribution in [1.82, 2.24) is 0 Å². The number of rotatable bonds is 3. The maximum atomic E-state index is 8.46. The van der Waals surface area contributed by atoms with Gasteiger partial charge in [-0.3, -0.25) is 0 Å². The Morgan fingerprint density at radius 1 is 1.64 bits per heavy atom. The van der Waals surface area contributed by atoms with Crippen LogP contribution in [0.4, 0.5) is 0 Å². The zero-order valence-corrected chi connectivity index (χ0v) is 7.52. The van der Waals surface area contributed by atoms with Gasteiger partial charge in [0.15, 0.2) is 0 Å². The van der Waals surface area contributed by atoms with Crippen molar-refractivity contribution in [3.63, 3.8) is 0 Å². The summed E-state index contributed by atoms with van der Waals surface area (Å²) in [5.74, 6) is 0. The highest BCUT2D eigenvalue weighted by Gasteiger charge is 2.11. The van der Waals surface area contributed by atoms with E-state index < -0.39 is 0 Å². The lowest BCUT2D eigenvalue weighted by molar-refractivity contribution is 0.494. The summed E-state index contributed by atoms with van der Waals surface area (Å²) in [7, 11) is 0. The first-order valence-electron chi connectivity index (χ1n) is 3.69. The second kappa shape index (κ2) is 3.98. The molecule has 0 aliphatic rings. The Kier molecular flexibility index (Phi) is 3.60. The Balaban J connectivity index is 4.13. The molecule has 0 radical (unpaired) electrons. The smallest absolute Gasteiger partial charge is 0.0630 e. The molecule has 0 bridgehead atoms. The largest absolute Gasteiger partial charge is 0.198 e. The van der Waals surface area contributed by atoms with Crippen molar-refractivity contribution in [3.8, 4) is 6.07 Å². The van der Waals surface area contributed by atoms with Crippen LogP contribution in [-0.4, -0.2) is 0 Å². The highest BCUT2D eigenvalue weighted by Crippen LogP contribution is 2.21. The van der Waals surface area contributed by atoms with Crippen LogP contribution in [-0.2, 0) is 0 Å². The maximum Gasteiger partial charge on any atom is 0.0630 e. The third-order valence-electron chi connectivity index (χ3n) is 1.35. The predicted molar refractivity (Wildman–Crippen MR) is 48.0 cm³/mol. The number of hydrogen-bond donors (Lipinski definition) is 0. The van der Waals surface area contributed by atoms with Crippen LogP contribution >= 0.6 is 0 Å². The lowest BCUT2D eigenvalue weighted by atomic mass is 9.89. The molecular formula is C10H15N. The lowest BCUT2D eigenvalue weighted by Crippen LogP contribution is -2.05. The third kappa shape index (κ3) is 5.42. The second-order valence-corrected chi connectivity index (χ2v) is 3.50. The van der Waals surface area contributed by atoms with Gasteiger partial charge >= 0.3 is 0 Å². The minimum absolute atomic E-state index is 0.0201. The summed E-state index contributed by atoms with van der Waals surface area (Å²) in [5, 5.41) is 8.46. The van der Waals surface area contributed by atoms with E-state index in [9.17, 15) is 0 Å². The van der Waals surface area contributed by atoms with Crippen LogP contribution in [0.5, 0.6) is 0 Å². The van der Waals surface area contributed by atoms with Crippen LogP contribution in [0.3, 0.4) is 0 Å². The first-order valence-corrected chi connectivity index (χ1v) is 3.69. The molecule has 0 amide bonds. The molecule has 0 aromatic carbocycles. The number of allylic oxidation sites excluding steroid dienone is 3. The summed E-state index contributed by atoms with van der Waals surface area (Å²) in [6, 6.07) is 2.15. The van der Waals surface area contributed by atoms with Gasteiger partial charge in [0, 0.05) is 6.42 Å². The average molecular weight is 149 g/mol. The summed E-state index contributed by atoms with van der Waals surface area (Å²) in [4.78, 5) is 0. The van der Waals surface area contributed by atoms with Crippen LogP contribution < -0.4 is 0 Å². The zero-order valence-electron chi connectivity index (χ0n) is 7.52. The van der Waals surface area contributed by atoms with E-state index in [1.807, 2.05) is 32.9 Å². The molecule has 0 fully saturated rings. The molecule has 0 atom stereocenters. The minimum Gasteiger partial charge on any atom is -0.198 e. The Bertz CT molecular complexity index is 203. The normalized spacial score (nSPS) is 11.5. The number of nitriles is 1. The molecule has 0 unspecified atom stereocenters. The van der Waals surface area contributed by atoms with Crippen molar-refractivity contribution >= 4 is 0 Å². The van der Waals surface area contributed by atoms with Crippen molar-refractivity contribution in [2.45, 2.75) is 27.2 Å². The molecule has 0 spiro atoms. The van der Waals surface area contributed by atoms with Crippen molar-refractivity contribution in [2.24, 2.45) is 5.41 Å². The average Bonchev–Trinajstić information content (AvgIpc) is 1.84. The standard InChI is InChI=1S/C10H15N/c1-9(2)5-6-10(3,4)7-8-11/h5-6H,1,7H2,2-4H3. The van der Waals surface area contributed by atoms with Gasteiger partial charge in [-0.1, -0.05) is 38.2 Å².